The molecule has 108 valence electrons. The van der Waals surface area contributed by atoms with Crippen molar-refractivity contribution in [1.29, 1.82) is 0 Å². The van der Waals surface area contributed by atoms with Gasteiger partial charge >= 0.3 is 6.03 Å². The minimum Gasteiger partial charge on any atom is -0.338 e. The van der Waals surface area contributed by atoms with E-state index < -0.39 is 0 Å². The summed E-state index contributed by atoms with van der Waals surface area (Å²) >= 11 is 0. The van der Waals surface area contributed by atoms with E-state index in [1.807, 2.05) is 37.3 Å². The predicted molar refractivity (Wildman–Crippen MR) is 82.6 cm³/mol. The zero-order valence-electron chi connectivity index (χ0n) is 12.3. The Kier molecular flexibility index (Phi) is 11.8. The third-order valence-electron chi connectivity index (χ3n) is 2.33. The van der Waals surface area contributed by atoms with Crippen LogP contribution in [0.15, 0.2) is 30.3 Å². The fraction of sp³-hybridized carbons (Fsp3) is 0.533. The van der Waals surface area contributed by atoms with Crippen LogP contribution in [0, 0.1) is 0 Å². The Bertz CT molecular complexity index is 310. The molecule has 1 aromatic carbocycles. The molecule has 0 aliphatic heterocycles. The molecule has 0 radical (unpaired) electrons. The van der Waals surface area contributed by atoms with E-state index in [1.165, 1.54) is 19.4 Å². The second-order valence-electron chi connectivity index (χ2n) is 4.06. The number of para-hydroxylation sites is 1. The molecule has 0 fully saturated rings. The van der Waals surface area contributed by atoms with Crippen molar-refractivity contribution in [2.75, 3.05) is 25.0 Å². The lowest BCUT2D eigenvalue weighted by molar-refractivity contribution is 0.252. The van der Waals surface area contributed by atoms with E-state index in [2.05, 4.69) is 29.8 Å². The fourth-order valence-corrected chi connectivity index (χ4v) is 1.34. The van der Waals surface area contributed by atoms with Gasteiger partial charge in [0.1, 0.15) is 0 Å². The third kappa shape index (κ3) is 11.3. The summed E-state index contributed by atoms with van der Waals surface area (Å²) in [6.07, 6.45) is 2.61. The first-order valence-electron chi connectivity index (χ1n) is 7.05. The first-order chi connectivity index (χ1) is 9.24. The molecule has 2 amide bonds. The van der Waals surface area contributed by atoms with Gasteiger partial charge in [0.25, 0.3) is 0 Å². The summed E-state index contributed by atoms with van der Waals surface area (Å²) in [5, 5.41) is 8.59. The summed E-state index contributed by atoms with van der Waals surface area (Å²) in [7, 11) is 0. The highest BCUT2D eigenvalue weighted by Crippen LogP contribution is 2.03. The van der Waals surface area contributed by atoms with Gasteiger partial charge < -0.3 is 16.0 Å². The van der Waals surface area contributed by atoms with Crippen LogP contribution in [0.3, 0.4) is 0 Å². The van der Waals surface area contributed by atoms with Crippen LogP contribution in [0.25, 0.3) is 0 Å². The molecule has 0 unspecified atom stereocenters. The number of urea groups is 1. The number of carbonyl (C=O) groups is 1. The second-order valence-corrected chi connectivity index (χ2v) is 4.06. The van der Waals surface area contributed by atoms with Crippen LogP contribution in [0.5, 0.6) is 0 Å². The van der Waals surface area contributed by atoms with Crippen LogP contribution >= 0.6 is 0 Å². The Labute approximate surface area is 117 Å². The summed E-state index contributed by atoms with van der Waals surface area (Å²) in [6.45, 7) is 9.16. The van der Waals surface area contributed by atoms with Crippen molar-refractivity contribution in [2.45, 2.75) is 33.6 Å². The van der Waals surface area contributed by atoms with Gasteiger partial charge in [0, 0.05) is 12.2 Å². The standard InChI is InChI=1S/C9H12N2O.C6H15N/c1-2-10-9(12)11-8-6-4-3-5-7-8;1-3-5-6-7-4-2/h3-7H,2H2,1H3,(H2,10,11,12);7H,3-6H2,1-2H3. The van der Waals surface area contributed by atoms with Gasteiger partial charge in [-0.1, -0.05) is 38.5 Å². The average molecular weight is 265 g/mol. The maximum atomic E-state index is 11.0. The molecular weight excluding hydrogens is 238 g/mol. The van der Waals surface area contributed by atoms with E-state index >= 15 is 0 Å². The first kappa shape index (κ1) is 17.4. The largest absolute Gasteiger partial charge is 0.338 e. The molecule has 0 bridgehead atoms. The van der Waals surface area contributed by atoms with Crippen LogP contribution in [0.1, 0.15) is 33.6 Å². The van der Waals surface area contributed by atoms with Gasteiger partial charge in [-0.25, -0.2) is 4.79 Å². The molecule has 0 heterocycles. The Morgan fingerprint density at radius 1 is 1.05 bits per heavy atom. The van der Waals surface area contributed by atoms with Gasteiger partial charge in [-0.15, -0.1) is 0 Å². The van der Waals surface area contributed by atoms with Crippen LogP contribution in [0.4, 0.5) is 10.5 Å². The van der Waals surface area contributed by atoms with Crippen molar-refractivity contribution >= 4 is 11.7 Å². The first-order valence-corrected chi connectivity index (χ1v) is 7.05. The SMILES string of the molecule is CCCCNCC.CCNC(=O)Nc1ccccc1. The van der Waals surface area contributed by atoms with Crippen molar-refractivity contribution in [3.8, 4) is 0 Å². The maximum Gasteiger partial charge on any atom is 0.319 e. The quantitative estimate of drug-likeness (QED) is 0.692. The molecule has 19 heavy (non-hydrogen) atoms. The zero-order chi connectivity index (χ0) is 14.3. The molecule has 0 aliphatic rings. The number of unbranched alkanes of at least 4 members (excludes halogenated alkanes) is 1. The Morgan fingerprint density at radius 2 is 1.74 bits per heavy atom. The maximum absolute atomic E-state index is 11.0. The number of rotatable bonds is 6. The highest BCUT2D eigenvalue weighted by Gasteiger charge is 1.96. The molecule has 0 spiro atoms. The van der Waals surface area contributed by atoms with Gasteiger partial charge in [0.2, 0.25) is 0 Å². The van der Waals surface area contributed by atoms with E-state index in [0.29, 0.717) is 6.54 Å². The Balaban J connectivity index is 0.000000399. The van der Waals surface area contributed by atoms with Gasteiger partial charge in [0.05, 0.1) is 0 Å². The highest BCUT2D eigenvalue weighted by atomic mass is 16.2. The molecule has 0 saturated carbocycles. The van der Waals surface area contributed by atoms with E-state index in [0.717, 1.165) is 12.2 Å². The molecular formula is C15H27N3O. The zero-order valence-corrected chi connectivity index (χ0v) is 12.3. The number of amides is 2. The number of nitrogens with one attached hydrogen (secondary N) is 3. The van der Waals surface area contributed by atoms with E-state index in [4.69, 9.17) is 0 Å². The molecule has 1 aromatic rings. The normalized spacial score (nSPS) is 9.21. The lowest BCUT2D eigenvalue weighted by atomic mass is 10.3. The minimum absolute atomic E-state index is 0.163. The molecule has 0 saturated heterocycles. The van der Waals surface area contributed by atoms with Gasteiger partial charge in [-0.05, 0) is 38.6 Å². The topological polar surface area (TPSA) is 53.2 Å². The monoisotopic (exact) mass is 265 g/mol. The highest BCUT2D eigenvalue weighted by molar-refractivity contribution is 5.89. The number of hydrogen-bond donors (Lipinski definition) is 3. The van der Waals surface area contributed by atoms with E-state index in [-0.39, 0.29) is 6.03 Å². The second kappa shape index (κ2) is 12.9. The third-order valence-corrected chi connectivity index (χ3v) is 2.33. The van der Waals surface area contributed by atoms with Crippen molar-refractivity contribution in [3.63, 3.8) is 0 Å². The Hall–Kier alpha value is -1.55. The van der Waals surface area contributed by atoms with Crippen LogP contribution in [0.2, 0.25) is 0 Å². The number of hydrogen-bond acceptors (Lipinski definition) is 2. The molecule has 4 nitrogen and oxygen atoms in total. The van der Waals surface area contributed by atoms with Crippen molar-refractivity contribution in [1.82, 2.24) is 10.6 Å². The molecule has 0 aromatic heterocycles. The molecule has 0 atom stereocenters. The molecule has 1 rings (SSSR count). The van der Waals surface area contributed by atoms with Gasteiger partial charge in [-0.2, -0.15) is 0 Å². The summed E-state index contributed by atoms with van der Waals surface area (Å²) in [6, 6.07) is 9.18. The molecule has 4 heteroatoms. The van der Waals surface area contributed by atoms with Crippen LogP contribution < -0.4 is 16.0 Å². The minimum atomic E-state index is -0.163. The van der Waals surface area contributed by atoms with Crippen molar-refractivity contribution in [3.05, 3.63) is 30.3 Å². The summed E-state index contributed by atoms with van der Waals surface area (Å²) in [5.74, 6) is 0. The smallest absolute Gasteiger partial charge is 0.319 e. The van der Waals surface area contributed by atoms with Gasteiger partial charge in [-0.3, -0.25) is 0 Å². The average Bonchev–Trinajstić information content (AvgIpc) is 2.41. The van der Waals surface area contributed by atoms with E-state index in [1.54, 1.807) is 0 Å². The summed E-state index contributed by atoms with van der Waals surface area (Å²) in [5.41, 5.74) is 0.809. The summed E-state index contributed by atoms with van der Waals surface area (Å²) in [4.78, 5) is 11.0. The molecule has 3 N–H and O–H groups in total. The van der Waals surface area contributed by atoms with Crippen molar-refractivity contribution < 1.29 is 4.79 Å². The lowest BCUT2D eigenvalue weighted by Gasteiger charge is -2.04. The van der Waals surface area contributed by atoms with Gasteiger partial charge in [0.15, 0.2) is 0 Å². The van der Waals surface area contributed by atoms with Crippen molar-refractivity contribution in [2.24, 2.45) is 0 Å². The molecule has 0 aliphatic carbocycles. The lowest BCUT2D eigenvalue weighted by Crippen LogP contribution is -2.28. The van der Waals surface area contributed by atoms with E-state index in [9.17, 15) is 4.79 Å². The summed E-state index contributed by atoms with van der Waals surface area (Å²) < 4.78 is 0. The van der Waals surface area contributed by atoms with Crippen LogP contribution in [-0.4, -0.2) is 25.7 Å². The predicted octanol–water partition coefficient (Wildman–Crippen LogP) is 3.22. The Morgan fingerprint density at radius 3 is 2.26 bits per heavy atom. The number of benzene rings is 1. The fourth-order valence-electron chi connectivity index (χ4n) is 1.34. The number of anilines is 1. The number of carbonyl (C=O) groups excluding carboxylic acids is 1. The van der Waals surface area contributed by atoms with Crippen LogP contribution in [-0.2, 0) is 0 Å².